The number of aliphatic hydroxyl groups is 1. The van der Waals surface area contributed by atoms with Crippen LogP contribution in [0.3, 0.4) is 0 Å². The van der Waals surface area contributed by atoms with Gasteiger partial charge in [0.25, 0.3) is 0 Å². The number of aromatic nitrogens is 2. The lowest BCUT2D eigenvalue weighted by Gasteiger charge is -2.29. The lowest BCUT2D eigenvalue weighted by atomic mass is 10.1. The second kappa shape index (κ2) is 11.7. The maximum atomic E-state index is 10.5. The highest BCUT2D eigenvalue weighted by Crippen LogP contribution is 2.34. The van der Waals surface area contributed by atoms with Crippen LogP contribution in [-0.2, 0) is 18.3 Å². The highest BCUT2D eigenvalue weighted by Gasteiger charge is 2.24. The fourth-order valence-electron chi connectivity index (χ4n) is 3.61. The zero-order chi connectivity index (χ0) is 23.8. The molecule has 174 valence electrons. The Hall–Kier alpha value is -3.11. The first-order valence-electron chi connectivity index (χ1n) is 11.2. The molecule has 2 aromatic carbocycles. The highest BCUT2D eigenvalue weighted by molar-refractivity contribution is 5.65. The summed E-state index contributed by atoms with van der Waals surface area (Å²) < 4.78 is 13.4. The van der Waals surface area contributed by atoms with Gasteiger partial charge in [0.05, 0.1) is 18.3 Å². The lowest BCUT2D eigenvalue weighted by Crippen LogP contribution is -2.39. The molecule has 0 fully saturated rings. The van der Waals surface area contributed by atoms with Gasteiger partial charge in [-0.05, 0) is 32.9 Å². The third kappa shape index (κ3) is 6.69. The van der Waals surface area contributed by atoms with Gasteiger partial charge in [0.1, 0.15) is 18.1 Å². The van der Waals surface area contributed by atoms with Crippen LogP contribution in [-0.4, -0.2) is 51.7 Å². The first-order chi connectivity index (χ1) is 15.9. The summed E-state index contributed by atoms with van der Waals surface area (Å²) in [6.07, 6.45) is 4.58. The van der Waals surface area contributed by atoms with Crippen molar-refractivity contribution in [3.63, 3.8) is 0 Å². The van der Waals surface area contributed by atoms with E-state index in [0.717, 1.165) is 22.6 Å². The van der Waals surface area contributed by atoms with Crippen LogP contribution in [0.5, 0.6) is 11.6 Å². The predicted molar refractivity (Wildman–Crippen MR) is 131 cm³/mol. The second-order valence-electron chi connectivity index (χ2n) is 8.43. The van der Waals surface area contributed by atoms with E-state index >= 15 is 0 Å². The molecule has 0 bridgehead atoms. The summed E-state index contributed by atoms with van der Waals surface area (Å²) in [5.74, 6) is 3.86. The van der Waals surface area contributed by atoms with E-state index in [4.69, 9.17) is 21.0 Å². The highest BCUT2D eigenvalue weighted by atomic mass is 16.5. The van der Waals surface area contributed by atoms with Gasteiger partial charge in [-0.15, -0.1) is 6.42 Å². The molecule has 1 heterocycles. The first-order valence-corrected chi connectivity index (χ1v) is 11.2. The quantitative estimate of drug-likeness (QED) is 0.349. The Morgan fingerprint density at radius 3 is 2.45 bits per heavy atom. The molecular weight excluding hydrogens is 414 g/mol. The third-order valence-electron chi connectivity index (χ3n) is 5.40. The average Bonchev–Trinajstić information content (AvgIpc) is 3.10. The molecule has 1 aromatic heterocycles. The summed E-state index contributed by atoms with van der Waals surface area (Å²) in [6.45, 7) is 7.64. The van der Waals surface area contributed by atoms with Crippen LogP contribution in [0.25, 0.3) is 11.3 Å². The van der Waals surface area contributed by atoms with Gasteiger partial charge in [0.15, 0.2) is 0 Å². The van der Waals surface area contributed by atoms with Gasteiger partial charge < -0.3 is 14.6 Å². The van der Waals surface area contributed by atoms with Crippen molar-refractivity contribution in [3.05, 3.63) is 65.7 Å². The number of nitrogens with zero attached hydrogens (tertiary/aromatic N) is 3. The number of hydrogen-bond acceptors (Lipinski definition) is 5. The Kier molecular flexibility index (Phi) is 8.67. The molecule has 3 aromatic rings. The van der Waals surface area contributed by atoms with E-state index in [1.54, 1.807) is 4.68 Å². The topological polar surface area (TPSA) is 59.8 Å². The summed E-state index contributed by atoms with van der Waals surface area (Å²) in [4.78, 5) is 2.19. The van der Waals surface area contributed by atoms with Crippen molar-refractivity contribution < 1.29 is 14.6 Å². The molecule has 6 heteroatoms. The molecule has 1 atom stereocenters. The number of ether oxygens (including phenoxy) is 2. The maximum absolute atomic E-state index is 10.5. The number of hydrogen-bond donors (Lipinski definition) is 1. The van der Waals surface area contributed by atoms with E-state index in [-0.39, 0.29) is 19.3 Å². The molecule has 6 nitrogen and oxygen atoms in total. The lowest BCUT2D eigenvalue weighted by molar-refractivity contribution is 0.0191. The number of aliphatic hydroxyl groups excluding tert-OH is 1. The molecule has 0 spiro atoms. The molecule has 0 amide bonds. The number of terminal acetylenes is 1. The SMILES string of the molecule is C#CCOC[C@@H](O)CN(Cc1c(-c2ccccc2)nn(C)c1Oc1ccc(C)cc1)C(C)C. The van der Waals surface area contributed by atoms with Crippen molar-refractivity contribution in [2.45, 2.75) is 39.5 Å². The Morgan fingerprint density at radius 2 is 1.82 bits per heavy atom. The molecule has 0 saturated carbocycles. The zero-order valence-electron chi connectivity index (χ0n) is 19.9. The fourth-order valence-corrected chi connectivity index (χ4v) is 3.61. The molecule has 0 radical (unpaired) electrons. The van der Waals surface area contributed by atoms with Gasteiger partial charge in [0.2, 0.25) is 5.88 Å². The van der Waals surface area contributed by atoms with Crippen LogP contribution in [0.2, 0.25) is 0 Å². The predicted octanol–water partition coefficient (Wildman–Crippen LogP) is 4.41. The molecule has 1 N–H and O–H groups in total. The Bertz CT molecular complexity index is 1050. The standard InChI is InChI=1S/C27H33N3O3/c1-6-16-32-19-23(31)17-30(20(2)3)18-25-26(22-10-8-7-9-11-22)28-29(5)27(25)33-24-14-12-21(4)13-15-24/h1,7-15,20,23,31H,16-19H2,2-5H3/t23-/m0/s1. The van der Waals surface area contributed by atoms with Crippen molar-refractivity contribution in [2.75, 3.05) is 19.8 Å². The van der Waals surface area contributed by atoms with E-state index in [2.05, 4.69) is 24.7 Å². The molecule has 0 aliphatic heterocycles. The van der Waals surface area contributed by atoms with Crippen LogP contribution in [0.15, 0.2) is 54.6 Å². The van der Waals surface area contributed by atoms with E-state index in [9.17, 15) is 5.11 Å². The van der Waals surface area contributed by atoms with Gasteiger partial charge in [0, 0.05) is 31.7 Å². The Balaban J connectivity index is 1.94. The normalized spacial score (nSPS) is 12.2. The Morgan fingerprint density at radius 1 is 1.12 bits per heavy atom. The van der Waals surface area contributed by atoms with Crippen LogP contribution < -0.4 is 4.74 Å². The smallest absolute Gasteiger partial charge is 0.222 e. The summed E-state index contributed by atoms with van der Waals surface area (Å²) in [5.41, 5.74) is 4.02. The van der Waals surface area contributed by atoms with Crippen molar-refractivity contribution in [3.8, 4) is 35.2 Å². The van der Waals surface area contributed by atoms with Crippen LogP contribution >= 0.6 is 0 Å². The van der Waals surface area contributed by atoms with Gasteiger partial charge in [-0.1, -0.05) is 53.9 Å². The summed E-state index contributed by atoms with van der Waals surface area (Å²) in [5, 5.41) is 15.3. The van der Waals surface area contributed by atoms with E-state index in [0.29, 0.717) is 19.0 Å². The summed E-state index contributed by atoms with van der Waals surface area (Å²) in [6, 6.07) is 18.2. The van der Waals surface area contributed by atoms with E-state index < -0.39 is 6.10 Å². The zero-order valence-corrected chi connectivity index (χ0v) is 19.9. The first kappa shape index (κ1) is 24.5. The molecule has 0 saturated heterocycles. The van der Waals surface area contributed by atoms with Gasteiger partial charge in [-0.2, -0.15) is 5.10 Å². The monoisotopic (exact) mass is 447 g/mol. The van der Waals surface area contributed by atoms with Gasteiger partial charge in [-0.3, -0.25) is 4.90 Å². The largest absolute Gasteiger partial charge is 0.439 e. The minimum Gasteiger partial charge on any atom is -0.439 e. The molecule has 33 heavy (non-hydrogen) atoms. The van der Waals surface area contributed by atoms with E-state index in [1.807, 2.05) is 68.6 Å². The molecule has 0 aliphatic rings. The van der Waals surface area contributed by atoms with Crippen LogP contribution in [0.4, 0.5) is 0 Å². The van der Waals surface area contributed by atoms with Gasteiger partial charge in [-0.25, -0.2) is 4.68 Å². The molecular formula is C27H33N3O3. The molecule has 0 aliphatic carbocycles. The fraction of sp³-hybridized carbons (Fsp3) is 0.370. The van der Waals surface area contributed by atoms with Crippen LogP contribution in [0.1, 0.15) is 25.0 Å². The number of rotatable bonds is 11. The van der Waals surface area contributed by atoms with Crippen molar-refractivity contribution in [1.29, 1.82) is 0 Å². The summed E-state index contributed by atoms with van der Waals surface area (Å²) >= 11 is 0. The van der Waals surface area contributed by atoms with Crippen molar-refractivity contribution in [1.82, 2.24) is 14.7 Å². The summed E-state index contributed by atoms with van der Waals surface area (Å²) in [7, 11) is 1.89. The minimum absolute atomic E-state index is 0.184. The third-order valence-corrected chi connectivity index (χ3v) is 5.40. The average molecular weight is 448 g/mol. The number of benzene rings is 2. The minimum atomic E-state index is -0.654. The van der Waals surface area contributed by atoms with E-state index in [1.165, 1.54) is 5.56 Å². The van der Waals surface area contributed by atoms with Gasteiger partial charge >= 0.3 is 0 Å². The second-order valence-corrected chi connectivity index (χ2v) is 8.43. The van der Waals surface area contributed by atoms with Crippen molar-refractivity contribution in [2.24, 2.45) is 7.05 Å². The maximum Gasteiger partial charge on any atom is 0.222 e. The van der Waals surface area contributed by atoms with Crippen molar-refractivity contribution >= 4 is 0 Å². The van der Waals surface area contributed by atoms with Crippen LogP contribution in [0, 0.1) is 19.3 Å². The molecule has 3 rings (SSSR count). The molecule has 0 unspecified atom stereocenters. The number of aryl methyl sites for hydroxylation is 2. The Labute approximate surface area is 196 Å².